The van der Waals surface area contributed by atoms with Gasteiger partial charge in [-0.05, 0) is 61.9 Å². The molecule has 0 unspecified atom stereocenters. The minimum atomic E-state index is -0.309. The highest BCUT2D eigenvalue weighted by Gasteiger charge is 2.34. The predicted octanol–water partition coefficient (Wildman–Crippen LogP) is 5.47. The molecule has 1 saturated heterocycles. The molecule has 168 valence electrons. The molecule has 1 fully saturated rings. The van der Waals surface area contributed by atoms with E-state index in [1.807, 2.05) is 42.5 Å². The number of carbonyl (C=O) groups is 1. The van der Waals surface area contributed by atoms with Crippen LogP contribution in [-0.2, 0) is 11.3 Å². The van der Waals surface area contributed by atoms with Crippen LogP contribution in [0.3, 0.4) is 0 Å². The van der Waals surface area contributed by atoms with Crippen molar-refractivity contribution in [2.75, 3.05) is 18.1 Å². The fourth-order valence-electron chi connectivity index (χ4n) is 4.44. The van der Waals surface area contributed by atoms with Crippen molar-refractivity contribution in [1.82, 2.24) is 9.55 Å². The van der Waals surface area contributed by atoms with Crippen molar-refractivity contribution in [2.24, 2.45) is 0 Å². The predicted molar refractivity (Wildman–Crippen MR) is 127 cm³/mol. The molecule has 6 heteroatoms. The van der Waals surface area contributed by atoms with Gasteiger partial charge in [-0.3, -0.25) is 4.79 Å². The van der Waals surface area contributed by atoms with Gasteiger partial charge < -0.3 is 14.2 Å². The summed E-state index contributed by atoms with van der Waals surface area (Å²) in [5.41, 5.74) is 3.92. The SMILES string of the molecule is Cc1ccc(OCCCn2c([C@@H]3CC(=O)N(c4ccc(F)cc4)C3)nc3ccccc32)cc1. The smallest absolute Gasteiger partial charge is 0.227 e. The molecule has 5 nitrogen and oxygen atoms in total. The fourth-order valence-corrected chi connectivity index (χ4v) is 4.44. The van der Waals surface area contributed by atoms with E-state index in [9.17, 15) is 9.18 Å². The second kappa shape index (κ2) is 9.06. The molecule has 1 atom stereocenters. The maximum atomic E-state index is 13.3. The Morgan fingerprint density at radius 3 is 2.58 bits per heavy atom. The van der Waals surface area contributed by atoms with E-state index >= 15 is 0 Å². The second-order valence-electron chi connectivity index (χ2n) is 8.51. The van der Waals surface area contributed by atoms with Crippen molar-refractivity contribution in [2.45, 2.75) is 32.2 Å². The molecule has 0 saturated carbocycles. The lowest BCUT2D eigenvalue weighted by atomic mass is 10.1. The van der Waals surface area contributed by atoms with Crippen molar-refractivity contribution in [3.63, 3.8) is 0 Å². The van der Waals surface area contributed by atoms with Crippen LogP contribution in [0.4, 0.5) is 10.1 Å². The van der Waals surface area contributed by atoms with E-state index in [-0.39, 0.29) is 17.6 Å². The summed E-state index contributed by atoms with van der Waals surface area (Å²) in [6.45, 7) is 3.94. The molecule has 3 aromatic carbocycles. The van der Waals surface area contributed by atoms with E-state index in [4.69, 9.17) is 9.72 Å². The molecule has 33 heavy (non-hydrogen) atoms. The first-order valence-corrected chi connectivity index (χ1v) is 11.3. The average molecular weight is 444 g/mol. The second-order valence-corrected chi connectivity index (χ2v) is 8.51. The first-order valence-electron chi connectivity index (χ1n) is 11.3. The summed E-state index contributed by atoms with van der Waals surface area (Å²) in [5.74, 6) is 1.50. The number of carbonyl (C=O) groups excluding carboxylic acids is 1. The number of anilines is 1. The summed E-state index contributed by atoms with van der Waals surface area (Å²) < 4.78 is 21.5. The van der Waals surface area contributed by atoms with Crippen LogP contribution in [0.15, 0.2) is 72.8 Å². The number of ether oxygens (including phenoxy) is 1. The van der Waals surface area contributed by atoms with Gasteiger partial charge in [0.1, 0.15) is 17.4 Å². The Kier molecular flexibility index (Phi) is 5.82. The third-order valence-corrected chi connectivity index (χ3v) is 6.13. The molecular formula is C27H26FN3O2. The molecule has 1 aliphatic rings. The van der Waals surface area contributed by atoms with Gasteiger partial charge in [-0.1, -0.05) is 29.8 Å². The summed E-state index contributed by atoms with van der Waals surface area (Å²) in [6, 6.07) is 22.2. The van der Waals surface area contributed by atoms with Crippen LogP contribution < -0.4 is 9.64 Å². The lowest BCUT2D eigenvalue weighted by Gasteiger charge is -2.17. The number of halogens is 1. The van der Waals surface area contributed by atoms with E-state index in [0.717, 1.165) is 41.3 Å². The Bertz CT molecular complexity index is 1270. The van der Waals surface area contributed by atoms with Crippen LogP contribution >= 0.6 is 0 Å². The maximum Gasteiger partial charge on any atom is 0.227 e. The van der Waals surface area contributed by atoms with E-state index in [1.165, 1.54) is 17.7 Å². The molecule has 0 N–H and O–H groups in total. The number of hydrogen-bond acceptors (Lipinski definition) is 3. The zero-order chi connectivity index (χ0) is 22.8. The molecule has 0 aliphatic carbocycles. The van der Waals surface area contributed by atoms with Crippen molar-refractivity contribution in [3.8, 4) is 5.75 Å². The molecule has 0 spiro atoms. The monoisotopic (exact) mass is 443 g/mol. The van der Waals surface area contributed by atoms with Crippen LogP contribution in [0.2, 0.25) is 0 Å². The summed E-state index contributed by atoms with van der Waals surface area (Å²) >= 11 is 0. The van der Waals surface area contributed by atoms with Gasteiger partial charge in [0.2, 0.25) is 5.91 Å². The van der Waals surface area contributed by atoms with Gasteiger partial charge in [-0.25, -0.2) is 9.37 Å². The number of para-hydroxylation sites is 2. The number of aryl methyl sites for hydroxylation is 2. The molecule has 5 rings (SSSR count). The van der Waals surface area contributed by atoms with Gasteiger partial charge in [0.25, 0.3) is 0 Å². The summed E-state index contributed by atoms with van der Waals surface area (Å²) in [4.78, 5) is 19.4. The van der Waals surface area contributed by atoms with Crippen LogP contribution in [0.25, 0.3) is 11.0 Å². The van der Waals surface area contributed by atoms with Gasteiger partial charge in [-0.2, -0.15) is 0 Å². The van der Waals surface area contributed by atoms with E-state index in [2.05, 4.69) is 17.6 Å². The highest BCUT2D eigenvalue weighted by molar-refractivity contribution is 5.96. The summed E-state index contributed by atoms with van der Waals surface area (Å²) in [6.07, 6.45) is 1.21. The number of rotatable bonds is 7. The minimum absolute atomic E-state index is 0.0204. The van der Waals surface area contributed by atoms with Gasteiger partial charge in [-0.15, -0.1) is 0 Å². The summed E-state index contributed by atoms with van der Waals surface area (Å²) in [7, 11) is 0. The number of fused-ring (bicyclic) bond motifs is 1. The fraction of sp³-hybridized carbons (Fsp3) is 0.259. The largest absolute Gasteiger partial charge is 0.494 e. The molecule has 1 aromatic heterocycles. The number of amides is 1. The van der Waals surface area contributed by atoms with Crippen molar-refractivity contribution in [1.29, 1.82) is 0 Å². The Morgan fingerprint density at radius 1 is 1.03 bits per heavy atom. The molecule has 2 heterocycles. The lowest BCUT2D eigenvalue weighted by Crippen LogP contribution is -2.24. The van der Waals surface area contributed by atoms with Gasteiger partial charge >= 0.3 is 0 Å². The topological polar surface area (TPSA) is 47.4 Å². The highest BCUT2D eigenvalue weighted by atomic mass is 19.1. The van der Waals surface area contributed by atoms with E-state index in [1.54, 1.807) is 17.0 Å². The maximum absolute atomic E-state index is 13.3. The number of benzene rings is 3. The van der Waals surface area contributed by atoms with E-state index in [0.29, 0.717) is 19.6 Å². The standard InChI is InChI=1S/C27H26FN3O2/c1-19-7-13-23(14-8-19)33-16-4-15-30-25-6-3-2-5-24(25)29-27(30)20-17-26(32)31(18-20)22-11-9-21(28)10-12-22/h2-3,5-14,20H,4,15-18H2,1H3/t20-/m1/s1. The third-order valence-electron chi connectivity index (χ3n) is 6.13. The van der Waals surface area contributed by atoms with Crippen LogP contribution in [0.5, 0.6) is 5.75 Å². The van der Waals surface area contributed by atoms with Crippen molar-refractivity contribution >= 4 is 22.6 Å². The van der Waals surface area contributed by atoms with Crippen LogP contribution in [0, 0.1) is 12.7 Å². The number of hydrogen-bond donors (Lipinski definition) is 0. The van der Waals surface area contributed by atoms with E-state index < -0.39 is 0 Å². The average Bonchev–Trinajstić information content (AvgIpc) is 3.39. The molecule has 1 aliphatic heterocycles. The Labute approximate surface area is 192 Å². The number of nitrogens with zero attached hydrogens (tertiary/aromatic N) is 3. The Hall–Kier alpha value is -3.67. The molecule has 0 radical (unpaired) electrons. The Morgan fingerprint density at radius 2 is 1.79 bits per heavy atom. The molecule has 4 aromatic rings. The van der Waals surface area contributed by atoms with Crippen LogP contribution in [-0.4, -0.2) is 28.6 Å². The van der Waals surface area contributed by atoms with Gasteiger partial charge in [0.15, 0.2) is 0 Å². The van der Waals surface area contributed by atoms with Gasteiger partial charge in [0.05, 0.1) is 17.6 Å². The van der Waals surface area contributed by atoms with Gasteiger partial charge in [0, 0.05) is 31.1 Å². The van der Waals surface area contributed by atoms with Crippen molar-refractivity contribution in [3.05, 3.63) is 90.0 Å². The minimum Gasteiger partial charge on any atom is -0.494 e. The molecule has 0 bridgehead atoms. The third kappa shape index (κ3) is 4.46. The van der Waals surface area contributed by atoms with Crippen LogP contribution in [0.1, 0.15) is 30.1 Å². The van der Waals surface area contributed by atoms with Crippen molar-refractivity contribution < 1.29 is 13.9 Å². The normalized spacial score (nSPS) is 16.0. The number of imidazole rings is 1. The zero-order valence-corrected chi connectivity index (χ0v) is 18.6. The molecular weight excluding hydrogens is 417 g/mol. The first kappa shape index (κ1) is 21.2. The number of aromatic nitrogens is 2. The Balaban J connectivity index is 1.34. The quantitative estimate of drug-likeness (QED) is 0.356. The zero-order valence-electron chi connectivity index (χ0n) is 18.6. The lowest BCUT2D eigenvalue weighted by molar-refractivity contribution is -0.117. The highest BCUT2D eigenvalue weighted by Crippen LogP contribution is 2.33. The summed E-state index contributed by atoms with van der Waals surface area (Å²) in [5, 5.41) is 0. The first-order chi connectivity index (χ1) is 16.1. The molecule has 1 amide bonds.